The molecule has 0 spiro atoms. The highest BCUT2D eigenvalue weighted by Crippen LogP contribution is 2.14. The van der Waals surface area contributed by atoms with E-state index >= 15 is 0 Å². The first-order valence-electron chi connectivity index (χ1n) is 11.1. The highest BCUT2D eigenvalue weighted by atomic mass is 127. The molecule has 0 radical (unpaired) electrons. The Hall–Kier alpha value is -1.94. The fraction of sp³-hybridized carbons (Fsp3) is 0.522. The zero-order valence-electron chi connectivity index (χ0n) is 18.7. The number of guanidine groups is 1. The molecular formula is C23H36IN7. The first-order valence-corrected chi connectivity index (χ1v) is 11.1. The van der Waals surface area contributed by atoms with E-state index in [0.717, 1.165) is 70.7 Å². The van der Waals surface area contributed by atoms with Gasteiger partial charge in [0.05, 0.1) is 0 Å². The fourth-order valence-corrected chi connectivity index (χ4v) is 3.59. The maximum atomic E-state index is 4.78. The highest BCUT2D eigenvalue weighted by Gasteiger charge is 2.18. The number of nitrogens with zero attached hydrogens (tertiary/aromatic N) is 5. The first kappa shape index (κ1) is 25.3. The van der Waals surface area contributed by atoms with Gasteiger partial charge in [-0.2, -0.15) is 0 Å². The third-order valence-corrected chi connectivity index (χ3v) is 5.39. The summed E-state index contributed by atoms with van der Waals surface area (Å²) in [5.41, 5.74) is 1.33. The Labute approximate surface area is 203 Å². The van der Waals surface area contributed by atoms with Crippen LogP contribution in [0.2, 0.25) is 0 Å². The molecule has 0 saturated carbocycles. The fourth-order valence-electron chi connectivity index (χ4n) is 3.59. The molecule has 3 rings (SSSR count). The van der Waals surface area contributed by atoms with Crippen LogP contribution >= 0.6 is 24.0 Å². The molecule has 1 aliphatic heterocycles. The summed E-state index contributed by atoms with van der Waals surface area (Å²) in [5, 5.41) is 6.84. The van der Waals surface area contributed by atoms with E-state index in [4.69, 9.17) is 4.99 Å². The molecule has 1 aliphatic rings. The Kier molecular flexibility index (Phi) is 11.6. The molecule has 1 aromatic carbocycles. The van der Waals surface area contributed by atoms with Gasteiger partial charge in [-0.3, -0.25) is 9.89 Å². The maximum absolute atomic E-state index is 4.78. The minimum absolute atomic E-state index is 0. The van der Waals surface area contributed by atoms with Gasteiger partial charge in [-0.05, 0) is 31.5 Å². The first-order chi connectivity index (χ1) is 14.8. The monoisotopic (exact) mass is 537 g/mol. The predicted octanol–water partition coefficient (Wildman–Crippen LogP) is 2.97. The second-order valence-electron chi connectivity index (χ2n) is 7.69. The van der Waals surface area contributed by atoms with Crippen molar-refractivity contribution < 1.29 is 0 Å². The second-order valence-corrected chi connectivity index (χ2v) is 7.69. The molecule has 1 unspecified atom stereocenters. The molecule has 7 nitrogen and oxygen atoms in total. The Balaban J connectivity index is 0.00000341. The van der Waals surface area contributed by atoms with Crippen molar-refractivity contribution >= 4 is 35.9 Å². The normalized spacial score (nSPS) is 15.8. The molecule has 2 N–H and O–H groups in total. The van der Waals surface area contributed by atoms with Gasteiger partial charge in [-0.15, -0.1) is 24.0 Å². The molecule has 0 bridgehead atoms. The number of halogens is 1. The van der Waals surface area contributed by atoms with E-state index in [1.165, 1.54) is 5.56 Å². The summed E-state index contributed by atoms with van der Waals surface area (Å²) in [6.45, 7) is 12.1. The van der Waals surface area contributed by atoms with Crippen LogP contribution < -0.4 is 15.5 Å². The van der Waals surface area contributed by atoms with Crippen LogP contribution in [0.1, 0.15) is 31.7 Å². The van der Waals surface area contributed by atoms with Crippen LogP contribution in [-0.2, 0) is 0 Å². The Morgan fingerprint density at radius 1 is 1.03 bits per heavy atom. The van der Waals surface area contributed by atoms with Crippen molar-refractivity contribution in [3.8, 4) is 0 Å². The SMILES string of the molecule is CCNC(=NCC(C)c1ccccc1)NCCCN1CCN(c2ncccn2)CC1.I. The second kappa shape index (κ2) is 14.2. The van der Waals surface area contributed by atoms with Gasteiger partial charge in [-0.1, -0.05) is 37.3 Å². The van der Waals surface area contributed by atoms with Crippen LogP contribution in [0.5, 0.6) is 0 Å². The van der Waals surface area contributed by atoms with Gasteiger partial charge in [0.1, 0.15) is 0 Å². The van der Waals surface area contributed by atoms with Gasteiger partial charge in [0.2, 0.25) is 5.95 Å². The number of nitrogens with one attached hydrogen (secondary N) is 2. The van der Waals surface area contributed by atoms with Crippen molar-refractivity contribution in [3.05, 3.63) is 54.4 Å². The number of anilines is 1. The van der Waals surface area contributed by atoms with Crippen molar-refractivity contribution in [3.63, 3.8) is 0 Å². The molecule has 0 aliphatic carbocycles. The van der Waals surface area contributed by atoms with Gasteiger partial charge in [0, 0.05) is 64.1 Å². The number of aliphatic imine (C=N–C) groups is 1. The average Bonchev–Trinajstić information content (AvgIpc) is 2.81. The van der Waals surface area contributed by atoms with E-state index < -0.39 is 0 Å². The van der Waals surface area contributed by atoms with Crippen LogP contribution in [0.15, 0.2) is 53.8 Å². The number of rotatable bonds is 9. The molecule has 0 amide bonds. The number of aromatic nitrogens is 2. The topological polar surface area (TPSA) is 68.7 Å². The lowest BCUT2D eigenvalue weighted by molar-refractivity contribution is 0.254. The predicted molar refractivity (Wildman–Crippen MR) is 140 cm³/mol. The average molecular weight is 537 g/mol. The van der Waals surface area contributed by atoms with Gasteiger partial charge < -0.3 is 15.5 Å². The van der Waals surface area contributed by atoms with Crippen molar-refractivity contribution in [2.75, 3.05) is 57.3 Å². The molecule has 2 heterocycles. The van der Waals surface area contributed by atoms with Crippen LogP contribution in [0.3, 0.4) is 0 Å². The summed E-state index contributed by atoms with van der Waals surface area (Å²) in [6.07, 6.45) is 4.72. The zero-order chi connectivity index (χ0) is 21.0. The summed E-state index contributed by atoms with van der Waals surface area (Å²) < 4.78 is 0. The molecule has 8 heteroatoms. The van der Waals surface area contributed by atoms with Crippen molar-refractivity contribution in [2.24, 2.45) is 4.99 Å². The number of piperazine rings is 1. The highest BCUT2D eigenvalue weighted by molar-refractivity contribution is 14.0. The molecule has 2 aromatic rings. The summed E-state index contributed by atoms with van der Waals surface area (Å²) in [4.78, 5) is 18.3. The smallest absolute Gasteiger partial charge is 0.225 e. The largest absolute Gasteiger partial charge is 0.357 e. The summed E-state index contributed by atoms with van der Waals surface area (Å²) in [5.74, 6) is 2.16. The van der Waals surface area contributed by atoms with E-state index in [2.05, 4.69) is 74.6 Å². The van der Waals surface area contributed by atoms with Crippen LogP contribution in [0, 0.1) is 0 Å². The number of benzene rings is 1. The summed E-state index contributed by atoms with van der Waals surface area (Å²) in [6, 6.07) is 12.4. The zero-order valence-corrected chi connectivity index (χ0v) is 21.0. The van der Waals surface area contributed by atoms with Crippen LogP contribution in [-0.4, -0.2) is 73.2 Å². The van der Waals surface area contributed by atoms with Crippen molar-refractivity contribution in [1.82, 2.24) is 25.5 Å². The van der Waals surface area contributed by atoms with Crippen LogP contribution in [0.4, 0.5) is 5.95 Å². The molecule has 1 aromatic heterocycles. The Morgan fingerprint density at radius 2 is 1.74 bits per heavy atom. The van der Waals surface area contributed by atoms with E-state index in [1.54, 1.807) is 0 Å². The van der Waals surface area contributed by atoms with E-state index in [0.29, 0.717) is 5.92 Å². The quantitative estimate of drug-likeness (QED) is 0.222. The Morgan fingerprint density at radius 3 is 2.42 bits per heavy atom. The lowest BCUT2D eigenvalue weighted by atomic mass is 10.0. The Bertz CT molecular complexity index is 749. The minimum Gasteiger partial charge on any atom is -0.357 e. The van der Waals surface area contributed by atoms with Gasteiger partial charge >= 0.3 is 0 Å². The summed E-state index contributed by atoms with van der Waals surface area (Å²) >= 11 is 0. The maximum Gasteiger partial charge on any atom is 0.225 e. The molecule has 1 fully saturated rings. The van der Waals surface area contributed by atoms with Gasteiger partial charge in [-0.25, -0.2) is 9.97 Å². The van der Waals surface area contributed by atoms with Gasteiger partial charge in [0.25, 0.3) is 0 Å². The molecular weight excluding hydrogens is 501 g/mol. The molecule has 1 atom stereocenters. The lowest BCUT2D eigenvalue weighted by Crippen LogP contribution is -2.47. The third kappa shape index (κ3) is 8.60. The van der Waals surface area contributed by atoms with E-state index in [-0.39, 0.29) is 24.0 Å². The van der Waals surface area contributed by atoms with Gasteiger partial charge in [0.15, 0.2) is 5.96 Å². The van der Waals surface area contributed by atoms with Crippen molar-refractivity contribution in [2.45, 2.75) is 26.2 Å². The standard InChI is InChI=1S/C23H35N7.HI/c1-3-24-22(28-19-20(2)21-9-5-4-6-10-21)25-13-8-14-29-15-17-30(18-16-29)23-26-11-7-12-27-23;/h4-7,9-12,20H,3,8,13-19H2,1-2H3,(H2,24,25,28);1H. The van der Waals surface area contributed by atoms with Crippen LogP contribution in [0.25, 0.3) is 0 Å². The minimum atomic E-state index is 0. The van der Waals surface area contributed by atoms with E-state index in [9.17, 15) is 0 Å². The van der Waals surface area contributed by atoms with Crippen molar-refractivity contribution in [1.29, 1.82) is 0 Å². The third-order valence-electron chi connectivity index (χ3n) is 5.39. The summed E-state index contributed by atoms with van der Waals surface area (Å²) in [7, 11) is 0. The number of hydrogen-bond acceptors (Lipinski definition) is 5. The lowest BCUT2D eigenvalue weighted by Gasteiger charge is -2.34. The molecule has 31 heavy (non-hydrogen) atoms. The molecule has 1 saturated heterocycles. The van der Waals surface area contributed by atoms with E-state index in [1.807, 2.05) is 18.5 Å². The number of hydrogen-bond donors (Lipinski definition) is 2. The molecule has 170 valence electrons.